The molecule has 0 bridgehead atoms. The molecule has 2 rings (SSSR count). The van der Waals surface area contributed by atoms with Gasteiger partial charge < -0.3 is 10.6 Å². The van der Waals surface area contributed by atoms with E-state index in [2.05, 4.69) is 10.6 Å². The third-order valence-electron chi connectivity index (χ3n) is 3.86. The van der Waals surface area contributed by atoms with E-state index in [9.17, 15) is 9.18 Å². The van der Waals surface area contributed by atoms with Crippen molar-refractivity contribution in [3.05, 3.63) is 71.5 Å². The molecule has 0 heterocycles. The Bertz CT molecular complexity index is 624. The van der Waals surface area contributed by atoms with Crippen molar-refractivity contribution in [3.8, 4) is 0 Å². The Morgan fingerprint density at radius 3 is 2.30 bits per heavy atom. The zero-order valence-electron chi connectivity index (χ0n) is 13.6. The van der Waals surface area contributed by atoms with E-state index in [1.807, 2.05) is 44.2 Å². The van der Waals surface area contributed by atoms with Crippen molar-refractivity contribution >= 4 is 6.03 Å². The molecular weight excluding hydrogens is 291 g/mol. The first-order valence-corrected chi connectivity index (χ1v) is 7.79. The molecule has 3 nitrogen and oxygen atoms in total. The van der Waals surface area contributed by atoms with Gasteiger partial charge in [-0.05, 0) is 29.7 Å². The normalized spacial score (nSPS) is 11.1. The number of hydrogen-bond donors (Lipinski definition) is 2. The molecule has 0 atom stereocenters. The van der Waals surface area contributed by atoms with E-state index in [1.165, 1.54) is 17.7 Å². The van der Waals surface area contributed by atoms with Gasteiger partial charge in [-0.3, -0.25) is 0 Å². The van der Waals surface area contributed by atoms with Crippen molar-refractivity contribution < 1.29 is 9.18 Å². The van der Waals surface area contributed by atoms with Gasteiger partial charge in [-0.15, -0.1) is 0 Å². The maximum Gasteiger partial charge on any atom is 0.314 e. The summed E-state index contributed by atoms with van der Waals surface area (Å²) in [5.74, 6) is -0.254. The van der Waals surface area contributed by atoms with Gasteiger partial charge in [0.25, 0.3) is 0 Å². The van der Waals surface area contributed by atoms with Gasteiger partial charge in [-0.1, -0.05) is 56.3 Å². The van der Waals surface area contributed by atoms with E-state index in [0.29, 0.717) is 13.1 Å². The van der Waals surface area contributed by atoms with E-state index in [0.717, 1.165) is 12.0 Å². The Balaban J connectivity index is 1.76. The summed E-state index contributed by atoms with van der Waals surface area (Å²) in [6.45, 7) is 5.11. The monoisotopic (exact) mass is 314 g/mol. The standard InChI is InChI=1S/C19H23FN2O/c1-19(2,16-8-10-17(20)11-9-16)14-22-18(23)21-13-12-15-6-4-3-5-7-15/h3-11H,12-14H2,1-2H3,(H2,21,22,23). The number of benzene rings is 2. The highest BCUT2D eigenvalue weighted by Crippen LogP contribution is 2.22. The Morgan fingerprint density at radius 2 is 1.65 bits per heavy atom. The summed E-state index contributed by atoms with van der Waals surface area (Å²) in [5, 5.41) is 5.73. The summed E-state index contributed by atoms with van der Waals surface area (Å²) in [6.07, 6.45) is 0.801. The molecule has 4 heteroatoms. The van der Waals surface area contributed by atoms with Crippen LogP contribution in [0.2, 0.25) is 0 Å². The lowest BCUT2D eigenvalue weighted by Gasteiger charge is -2.25. The summed E-state index contributed by atoms with van der Waals surface area (Å²) in [7, 11) is 0. The zero-order chi connectivity index (χ0) is 16.7. The number of nitrogens with one attached hydrogen (secondary N) is 2. The van der Waals surface area contributed by atoms with Gasteiger partial charge in [0.15, 0.2) is 0 Å². The first-order valence-electron chi connectivity index (χ1n) is 7.79. The molecule has 0 saturated carbocycles. The van der Waals surface area contributed by atoms with E-state index in [1.54, 1.807) is 12.1 Å². The van der Waals surface area contributed by atoms with Gasteiger partial charge in [-0.2, -0.15) is 0 Å². The van der Waals surface area contributed by atoms with Crippen LogP contribution in [0.1, 0.15) is 25.0 Å². The van der Waals surface area contributed by atoms with E-state index in [-0.39, 0.29) is 17.3 Å². The Kier molecular flexibility index (Phi) is 5.74. The van der Waals surface area contributed by atoms with Crippen LogP contribution in [0.25, 0.3) is 0 Å². The molecule has 0 spiro atoms. The molecule has 2 aromatic carbocycles. The van der Waals surface area contributed by atoms with Crippen LogP contribution < -0.4 is 10.6 Å². The molecule has 0 aliphatic heterocycles. The van der Waals surface area contributed by atoms with E-state index >= 15 is 0 Å². The van der Waals surface area contributed by atoms with Crippen molar-refractivity contribution in [1.29, 1.82) is 0 Å². The third kappa shape index (κ3) is 5.40. The minimum Gasteiger partial charge on any atom is -0.338 e. The minimum atomic E-state index is -0.259. The molecule has 23 heavy (non-hydrogen) atoms. The zero-order valence-corrected chi connectivity index (χ0v) is 13.6. The van der Waals surface area contributed by atoms with Gasteiger partial charge in [0.05, 0.1) is 0 Å². The lowest BCUT2D eigenvalue weighted by molar-refractivity contribution is 0.238. The van der Waals surface area contributed by atoms with Crippen LogP contribution in [0, 0.1) is 5.82 Å². The molecule has 0 aliphatic carbocycles. The Morgan fingerprint density at radius 1 is 1.00 bits per heavy atom. The molecule has 2 amide bonds. The van der Waals surface area contributed by atoms with Crippen LogP contribution in [0.15, 0.2) is 54.6 Å². The average molecular weight is 314 g/mol. The fourth-order valence-corrected chi connectivity index (χ4v) is 2.33. The SMILES string of the molecule is CC(C)(CNC(=O)NCCc1ccccc1)c1ccc(F)cc1. The highest BCUT2D eigenvalue weighted by atomic mass is 19.1. The average Bonchev–Trinajstić information content (AvgIpc) is 2.54. The van der Waals surface area contributed by atoms with Gasteiger partial charge in [0, 0.05) is 18.5 Å². The lowest BCUT2D eigenvalue weighted by atomic mass is 9.84. The van der Waals surface area contributed by atoms with E-state index < -0.39 is 0 Å². The number of carbonyl (C=O) groups is 1. The maximum atomic E-state index is 13.0. The molecule has 0 aliphatic rings. The highest BCUT2D eigenvalue weighted by molar-refractivity contribution is 5.73. The van der Waals surface area contributed by atoms with Crippen LogP contribution in [0.4, 0.5) is 9.18 Å². The number of halogens is 1. The van der Waals surface area contributed by atoms with Gasteiger partial charge in [0.1, 0.15) is 5.82 Å². The van der Waals surface area contributed by atoms with Crippen molar-refractivity contribution in [3.63, 3.8) is 0 Å². The second-order valence-corrected chi connectivity index (χ2v) is 6.24. The van der Waals surface area contributed by atoms with Crippen LogP contribution in [-0.2, 0) is 11.8 Å². The summed E-state index contributed by atoms with van der Waals surface area (Å²) < 4.78 is 13.0. The smallest absolute Gasteiger partial charge is 0.314 e. The quantitative estimate of drug-likeness (QED) is 0.839. The van der Waals surface area contributed by atoms with Crippen molar-refractivity contribution in [2.75, 3.05) is 13.1 Å². The summed E-state index contributed by atoms with van der Waals surface area (Å²) >= 11 is 0. The lowest BCUT2D eigenvalue weighted by Crippen LogP contribution is -2.42. The van der Waals surface area contributed by atoms with Gasteiger partial charge in [0.2, 0.25) is 0 Å². The summed E-state index contributed by atoms with van der Waals surface area (Å²) in [6, 6.07) is 16.2. The van der Waals surface area contributed by atoms with Gasteiger partial charge in [-0.25, -0.2) is 9.18 Å². The second kappa shape index (κ2) is 7.77. The maximum absolute atomic E-state index is 13.0. The summed E-state index contributed by atoms with van der Waals surface area (Å²) in [5.41, 5.74) is 1.92. The van der Waals surface area contributed by atoms with E-state index in [4.69, 9.17) is 0 Å². The molecule has 0 unspecified atom stereocenters. The predicted octanol–water partition coefficient (Wildman–Crippen LogP) is 3.65. The van der Waals surface area contributed by atoms with Crippen LogP contribution in [0.5, 0.6) is 0 Å². The number of hydrogen-bond acceptors (Lipinski definition) is 1. The molecule has 0 saturated heterocycles. The topological polar surface area (TPSA) is 41.1 Å². The molecule has 0 radical (unpaired) electrons. The fraction of sp³-hybridized carbons (Fsp3) is 0.316. The largest absolute Gasteiger partial charge is 0.338 e. The Labute approximate surface area is 136 Å². The highest BCUT2D eigenvalue weighted by Gasteiger charge is 2.21. The number of urea groups is 1. The fourth-order valence-electron chi connectivity index (χ4n) is 2.33. The first kappa shape index (κ1) is 17.0. The third-order valence-corrected chi connectivity index (χ3v) is 3.86. The van der Waals surface area contributed by atoms with Crippen LogP contribution in [-0.4, -0.2) is 19.1 Å². The molecule has 0 fully saturated rings. The molecule has 2 aromatic rings. The predicted molar refractivity (Wildman–Crippen MR) is 91.0 cm³/mol. The molecule has 0 aromatic heterocycles. The Hall–Kier alpha value is -2.36. The van der Waals surface area contributed by atoms with Crippen molar-refractivity contribution in [1.82, 2.24) is 10.6 Å². The number of amides is 2. The molecule has 122 valence electrons. The second-order valence-electron chi connectivity index (χ2n) is 6.24. The van der Waals surface area contributed by atoms with Crippen LogP contribution >= 0.6 is 0 Å². The minimum absolute atomic E-state index is 0.184. The van der Waals surface area contributed by atoms with Crippen molar-refractivity contribution in [2.45, 2.75) is 25.7 Å². The number of carbonyl (C=O) groups excluding carboxylic acids is 1. The van der Waals surface area contributed by atoms with Crippen molar-refractivity contribution in [2.24, 2.45) is 0 Å². The van der Waals surface area contributed by atoms with Gasteiger partial charge >= 0.3 is 6.03 Å². The molecule has 2 N–H and O–H groups in total. The first-order chi connectivity index (χ1) is 11.0. The summed E-state index contributed by atoms with van der Waals surface area (Å²) in [4.78, 5) is 11.9. The van der Waals surface area contributed by atoms with Crippen LogP contribution in [0.3, 0.4) is 0 Å². The molecular formula is C19H23FN2O. The number of rotatable bonds is 6.